The first-order chi connectivity index (χ1) is 6.20. The summed E-state index contributed by atoms with van der Waals surface area (Å²) in [6.07, 6.45) is 0.667. The van der Waals surface area contributed by atoms with Crippen LogP contribution in [-0.2, 0) is 0 Å². The molecule has 0 radical (unpaired) electrons. The lowest BCUT2D eigenvalue weighted by Gasteiger charge is -1.91. The number of hydrogen-bond donors (Lipinski definition) is 0. The third-order valence-corrected chi connectivity index (χ3v) is 2.72. The summed E-state index contributed by atoms with van der Waals surface area (Å²) in [5.41, 5.74) is 0. The van der Waals surface area contributed by atoms with E-state index in [9.17, 15) is 13.6 Å². The number of aldehydes is 1. The summed E-state index contributed by atoms with van der Waals surface area (Å²) in [6.45, 7) is 0. The van der Waals surface area contributed by atoms with E-state index in [1.54, 1.807) is 0 Å². The van der Waals surface area contributed by atoms with Crippen LogP contribution >= 0.6 is 11.3 Å². The molecule has 13 heavy (non-hydrogen) atoms. The Bertz CT molecular complexity index is 437. The van der Waals surface area contributed by atoms with Crippen molar-refractivity contribution in [2.75, 3.05) is 0 Å². The molecule has 0 spiro atoms. The van der Waals surface area contributed by atoms with E-state index >= 15 is 0 Å². The molecule has 0 saturated heterocycles. The molecule has 0 bridgehead atoms. The van der Waals surface area contributed by atoms with Crippen molar-refractivity contribution in [2.24, 2.45) is 0 Å². The summed E-state index contributed by atoms with van der Waals surface area (Å²) in [5.74, 6) is -1.77. The number of fused-ring (bicyclic) bond motifs is 1. The van der Waals surface area contributed by atoms with E-state index in [4.69, 9.17) is 0 Å². The van der Waals surface area contributed by atoms with Gasteiger partial charge in [-0.2, -0.15) is 0 Å². The molecule has 0 aliphatic carbocycles. The van der Waals surface area contributed by atoms with Gasteiger partial charge < -0.3 is 0 Å². The molecule has 66 valence electrons. The third kappa shape index (κ3) is 1.33. The summed E-state index contributed by atoms with van der Waals surface area (Å²) in [7, 11) is 0. The molecule has 0 atom stereocenters. The fourth-order valence-electron chi connectivity index (χ4n) is 1.11. The fourth-order valence-corrected chi connectivity index (χ4v) is 2.00. The van der Waals surface area contributed by atoms with Gasteiger partial charge in [0.05, 0.1) is 4.88 Å². The second-order valence-corrected chi connectivity index (χ2v) is 3.69. The Balaban J connectivity index is 2.77. The minimum absolute atomic E-state index is 0.472. The average molecular weight is 198 g/mol. The van der Waals surface area contributed by atoms with Gasteiger partial charge in [0.2, 0.25) is 0 Å². The van der Waals surface area contributed by atoms with E-state index in [-0.39, 0.29) is 0 Å². The van der Waals surface area contributed by atoms with E-state index < -0.39 is 11.6 Å². The Hall–Kier alpha value is -1.29. The third-order valence-electron chi connectivity index (χ3n) is 1.69. The number of rotatable bonds is 1. The van der Waals surface area contributed by atoms with Crippen LogP contribution in [0.15, 0.2) is 18.2 Å². The van der Waals surface area contributed by atoms with Gasteiger partial charge in [-0.3, -0.25) is 4.79 Å². The van der Waals surface area contributed by atoms with Gasteiger partial charge in [0.1, 0.15) is 0 Å². The molecule has 0 amide bonds. The fraction of sp³-hybridized carbons (Fsp3) is 0. The first-order valence-electron chi connectivity index (χ1n) is 3.54. The Morgan fingerprint density at radius 1 is 1.15 bits per heavy atom. The first-order valence-corrected chi connectivity index (χ1v) is 4.36. The van der Waals surface area contributed by atoms with Gasteiger partial charge in [-0.05, 0) is 23.6 Å². The van der Waals surface area contributed by atoms with Gasteiger partial charge in [0.25, 0.3) is 0 Å². The number of carbonyl (C=O) groups is 1. The molecule has 2 rings (SSSR count). The highest BCUT2D eigenvalue weighted by molar-refractivity contribution is 7.20. The lowest BCUT2D eigenvalue weighted by molar-refractivity contribution is 0.112. The highest BCUT2D eigenvalue weighted by Gasteiger charge is 2.06. The van der Waals surface area contributed by atoms with Crippen LogP contribution < -0.4 is 0 Å². The second kappa shape index (κ2) is 2.88. The molecule has 1 aromatic heterocycles. The molecular formula is C9H4F2OS. The quantitative estimate of drug-likeness (QED) is 0.644. The molecule has 1 heterocycles. The maximum Gasteiger partial charge on any atom is 0.160 e. The van der Waals surface area contributed by atoms with Crippen LogP contribution in [0.2, 0.25) is 0 Å². The number of hydrogen-bond acceptors (Lipinski definition) is 2. The second-order valence-electron chi connectivity index (χ2n) is 2.57. The summed E-state index contributed by atoms with van der Waals surface area (Å²) in [6, 6.07) is 3.73. The van der Waals surface area contributed by atoms with E-state index in [1.807, 2.05) is 0 Å². The normalized spacial score (nSPS) is 10.6. The Kier molecular flexibility index (Phi) is 1.84. The first kappa shape index (κ1) is 8.31. The van der Waals surface area contributed by atoms with Crippen molar-refractivity contribution in [3.63, 3.8) is 0 Å². The highest BCUT2D eigenvalue weighted by atomic mass is 32.1. The van der Waals surface area contributed by atoms with Crippen molar-refractivity contribution in [3.8, 4) is 0 Å². The Morgan fingerprint density at radius 3 is 2.54 bits per heavy atom. The zero-order valence-electron chi connectivity index (χ0n) is 6.38. The van der Waals surface area contributed by atoms with Crippen LogP contribution in [0, 0.1) is 11.6 Å². The molecular weight excluding hydrogens is 194 g/mol. The molecule has 0 saturated carbocycles. The minimum Gasteiger partial charge on any atom is -0.297 e. The molecule has 0 N–H and O–H groups in total. The van der Waals surface area contributed by atoms with Crippen LogP contribution in [0.3, 0.4) is 0 Å². The maximum atomic E-state index is 12.7. The predicted octanol–water partition coefficient (Wildman–Crippen LogP) is 2.99. The molecule has 0 unspecified atom stereocenters. The van der Waals surface area contributed by atoms with Gasteiger partial charge in [-0.25, -0.2) is 8.78 Å². The topological polar surface area (TPSA) is 17.1 Å². The van der Waals surface area contributed by atoms with Crippen LogP contribution in [0.1, 0.15) is 9.67 Å². The smallest absolute Gasteiger partial charge is 0.160 e. The molecule has 0 aliphatic rings. The molecule has 2 aromatic rings. The lowest BCUT2D eigenvalue weighted by Crippen LogP contribution is -1.80. The van der Waals surface area contributed by atoms with Crippen LogP contribution in [-0.4, -0.2) is 6.29 Å². The van der Waals surface area contributed by atoms with Gasteiger partial charge in [0.15, 0.2) is 17.9 Å². The minimum atomic E-state index is -0.886. The van der Waals surface area contributed by atoms with Crippen LogP contribution in [0.5, 0.6) is 0 Å². The van der Waals surface area contributed by atoms with Crippen molar-refractivity contribution < 1.29 is 13.6 Å². The van der Waals surface area contributed by atoms with Gasteiger partial charge in [0, 0.05) is 4.70 Å². The van der Waals surface area contributed by atoms with E-state index in [1.165, 1.54) is 6.07 Å². The number of benzene rings is 1. The average Bonchev–Trinajstić information content (AvgIpc) is 2.48. The number of thiophene rings is 1. The molecule has 4 heteroatoms. The van der Waals surface area contributed by atoms with Gasteiger partial charge >= 0.3 is 0 Å². The van der Waals surface area contributed by atoms with E-state index in [2.05, 4.69) is 0 Å². The Labute approximate surface area is 76.6 Å². The summed E-state index contributed by atoms with van der Waals surface area (Å²) in [5, 5.41) is 0.561. The van der Waals surface area contributed by atoms with Crippen molar-refractivity contribution in [3.05, 3.63) is 34.7 Å². The zero-order chi connectivity index (χ0) is 9.42. The van der Waals surface area contributed by atoms with Crippen molar-refractivity contribution in [1.29, 1.82) is 0 Å². The highest BCUT2D eigenvalue weighted by Crippen LogP contribution is 2.26. The van der Waals surface area contributed by atoms with Crippen LogP contribution in [0.25, 0.3) is 10.1 Å². The van der Waals surface area contributed by atoms with Crippen molar-refractivity contribution >= 4 is 27.7 Å². The van der Waals surface area contributed by atoms with Crippen molar-refractivity contribution in [1.82, 2.24) is 0 Å². The largest absolute Gasteiger partial charge is 0.297 e. The van der Waals surface area contributed by atoms with E-state index in [0.717, 1.165) is 23.5 Å². The molecule has 1 nitrogen and oxygen atoms in total. The molecule has 0 aliphatic heterocycles. The summed E-state index contributed by atoms with van der Waals surface area (Å²) < 4.78 is 26.0. The standard InChI is InChI=1S/C9H4F2OS/c10-7-2-5-1-6(4-12)13-9(5)3-8(7)11/h1-4H. The maximum absolute atomic E-state index is 12.7. The Morgan fingerprint density at radius 2 is 1.85 bits per heavy atom. The summed E-state index contributed by atoms with van der Waals surface area (Å²) >= 11 is 1.15. The summed E-state index contributed by atoms with van der Waals surface area (Å²) in [4.78, 5) is 10.8. The number of halogens is 2. The van der Waals surface area contributed by atoms with Crippen molar-refractivity contribution in [2.45, 2.75) is 0 Å². The zero-order valence-corrected chi connectivity index (χ0v) is 7.20. The predicted molar refractivity (Wildman–Crippen MR) is 47.1 cm³/mol. The SMILES string of the molecule is O=Cc1cc2cc(F)c(F)cc2s1. The lowest BCUT2D eigenvalue weighted by atomic mass is 10.2. The van der Waals surface area contributed by atoms with Gasteiger partial charge in [-0.1, -0.05) is 0 Å². The van der Waals surface area contributed by atoms with Gasteiger partial charge in [-0.15, -0.1) is 11.3 Å². The monoisotopic (exact) mass is 198 g/mol. The van der Waals surface area contributed by atoms with E-state index in [0.29, 0.717) is 21.2 Å². The molecule has 0 fully saturated rings. The number of carbonyl (C=O) groups excluding carboxylic acids is 1. The molecule has 1 aromatic carbocycles. The van der Waals surface area contributed by atoms with Crippen LogP contribution in [0.4, 0.5) is 8.78 Å².